The number of aliphatic hydroxyl groups is 1. The standard InChI is InChI=1S/C15H18F3N3O2/c1-14(22,12-8-20-21(2)9-12)10-19-7-11-4-3-5-13(6-11)23-15(16,17)18/h3-6,8-9,19,22H,7,10H2,1-2H3. The Morgan fingerprint density at radius 1 is 1.35 bits per heavy atom. The third-order valence-electron chi connectivity index (χ3n) is 3.26. The van der Waals surface area contributed by atoms with Crippen molar-refractivity contribution in [1.82, 2.24) is 15.1 Å². The molecule has 1 aromatic carbocycles. The molecule has 5 nitrogen and oxygen atoms in total. The first-order chi connectivity index (χ1) is 10.7. The predicted octanol–water partition coefficient (Wildman–Crippen LogP) is 2.32. The van der Waals surface area contributed by atoms with E-state index in [1.807, 2.05) is 0 Å². The topological polar surface area (TPSA) is 59.3 Å². The molecule has 2 rings (SSSR count). The van der Waals surface area contributed by atoms with Crippen molar-refractivity contribution in [3.8, 4) is 5.75 Å². The van der Waals surface area contributed by atoms with Crippen LogP contribution < -0.4 is 10.1 Å². The summed E-state index contributed by atoms with van der Waals surface area (Å²) in [6.45, 7) is 2.16. The molecule has 23 heavy (non-hydrogen) atoms. The third kappa shape index (κ3) is 5.26. The van der Waals surface area contributed by atoms with Crippen LogP contribution in [0.25, 0.3) is 0 Å². The van der Waals surface area contributed by atoms with Crippen LogP contribution in [-0.2, 0) is 19.2 Å². The molecule has 0 spiro atoms. The van der Waals surface area contributed by atoms with Crippen LogP contribution in [0.3, 0.4) is 0 Å². The average molecular weight is 329 g/mol. The molecule has 0 saturated heterocycles. The minimum absolute atomic E-state index is 0.225. The molecule has 0 aliphatic carbocycles. The molecule has 1 unspecified atom stereocenters. The highest BCUT2D eigenvalue weighted by Gasteiger charge is 2.31. The van der Waals surface area contributed by atoms with E-state index < -0.39 is 12.0 Å². The fourth-order valence-corrected chi connectivity index (χ4v) is 2.10. The van der Waals surface area contributed by atoms with Gasteiger partial charge in [0.15, 0.2) is 0 Å². The van der Waals surface area contributed by atoms with Crippen molar-refractivity contribution in [3.05, 3.63) is 47.8 Å². The zero-order valence-corrected chi connectivity index (χ0v) is 12.8. The Balaban J connectivity index is 1.92. The van der Waals surface area contributed by atoms with E-state index in [1.54, 1.807) is 37.1 Å². The van der Waals surface area contributed by atoms with Gasteiger partial charge in [0, 0.05) is 31.9 Å². The molecule has 1 heterocycles. The second kappa shape index (κ2) is 6.59. The van der Waals surface area contributed by atoms with Gasteiger partial charge in [-0.1, -0.05) is 12.1 Å². The first kappa shape index (κ1) is 17.3. The summed E-state index contributed by atoms with van der Waals surface area (Å²) in [6, 6.07) is 5.70. The maximum atomic E-state index is 12.2. The Hall–Kier alpha value is -2.06. The highest BCUT2D eigenvalue weighted by Crippen LogP contribution is 2.23. The molecule has 1 aromatic heterocycles. The second-order valence-corrected chi connectivity index (χ2v) is 5.48. The highest BCUT2D eigenvalue weighted by molar-refractivity contribution is 5.28. The minimum atomic E-state index is -4.71. The number of rotatable bonds is 6. The Kier molecular flexibility index (Phi) is 4.96. The van der Waals surface area contributed by atoms with Gasteiger partial charge in [-0.2, -0.15) is 5.10 Å². The number of benzene rings is 1. The number of halogens is 3. The highest BCUT2D eigenvalue weighted by atomic mass is 19.4. The number of aryl methyl sites for hydroxylation is 1. The number of aromatic nitrogens is 2. The lowest BCUT2D eigenvalue weighted by Gasteiger charge is -2.22. The summed E-state index contributed by atoms with van der Waals surface area (Å²) in [4.78, 5) is 0. The van der Waals surface area contributed by atoms with Gasteiger partial charge in [0.2, 0.25) is 0 Å². The Morgan fingerprint density at radius 3 is 2.70 bits per heavy atom. The number of ether oxygens (including phenoxy) is 1. The van der Waals surface area contributed by atoms with Gasteiger partial charge in [-0.05, 0) is 24.6 Å². The number of hydrogen-bond donors (Lipinski definition) is 2. The molecule has 2 aromatic rings. The second-order valence-electron chi connectivity index (χ2n) is 5.48. The van der Waals surface area contributed by atoms with Crippen LogP contribution in [0.4, 0.5) is 13.2 Å². The van der Waals surface area contributed by atoms with Gasteiger partial charge in [-0.25, -0.2) is 0 Å². The Morgan fingerprint density at radius 2 is 2.09 bits per heavy atom. The molecule has 0 fully saturated rings. The van der Waals surface area contributed by atoms with Crippen molar-refractivity contribution < 1.29 is 23.0 Å². The van der Waals surface area contributed by atoms with Gasteiger partial charge in [0.25, 0.3) is 0 Å². The number of nitrogens with zero attached hydrogens (tertiary/aromatic N) is 2. The zero-order valence-electron chi connectivity index (χ0n) is 12.8. The Labute approximate surface area is 131 Å². The molecule has 0 bridgehead atoms. The van der Waals surface area contributed by atoms with Crippen LogP contribution in [0.15, 0.2) is 36.7 Å². The van der Waals surface area contributed by atoms with Crippen LogP contribution in [0.2, 0.25) is 0 Å². The van der Waals surface area contributed by atoms with Crippen LogP contribution in [-0.4, -0.2) is 27.8 Å². The van der Waals surface area contributed by atoms with Gasteiger partial charge in [0.05, 0.1) is 6.20 Å². The summed E-state index contributed by atoms with van der Waals surface area (Å²) < 4.78 is 42.0. The van der Waals surface area contributed by atoms with Crippen LogP contribution in [0, 0.1) is 0 Å². The Bertz CT molecular complexity index is 653. The quantitative estimate of drug-likeness (QED) is 0.854. The van der Waals surface area contributed by atoms with Gasteiger partial charge >= 0.3 is 6.36 Å². The third-order valence-corrected chi connectivity index (χ3v) is 3.26. The first-order valence-electron chi connectivity index (χ1n) is 6.93. The van der Waals surface area contributed by atoms with E-state index in [2.05, 4.69) is 15.2 Å². The largest absolute Gasteiger partial charge is 0.573 e. The van der Waals surface area contributed by atoms with E-state index in [9.17, 15) is 18.3 Å². The van der Waals surface area contributed by atoms with E-state index >= 15 is 0 Å². The van der Waals surface area contributed by atoms with E-state index in [0.29, 0.717) is 17.7 Å². The molecule has 2 N–H and O–H groups in total. The van der Waals surface area contributed by atoms with Gasteiger partial charge in [-0.3, -0.25) is 4.68 Å². The summed E-state index contributed by atoms with van der Waals surface area (Å²) in [5.41, 5.74) is 0.143. The normalized spacial score (nSPS) is 14.5. The van der Waals surface area contributed by atoms with E-state index in [0.717, 1.165) is 0 Å². The van der Waals surface area contributed by atoms with Gasteiger partial charge < -0.3 is 15.2 Å². The van der Waals surface area contributed by atoms with Crippen LogP contribution in [0.1, 0.15) is 18.1 Å². The molecule has 1 atom stereocenters. The fourth-order valence-electron chi connectivity index (χ4n) is 2.10. The van der Waals surface area contributed by atoms with Crippen molar-refractivity contribution >= 4 is 0 Å². The fraction of sp³-hybridized carbons (Fsp3) is 0.400. The smallest absolute Gasteiger partial charge is 0.406 e. The summed E-state index contributed by atoms with van der Waals surface area (Å²) >= 11 is 0. The van der Waals surface area contributed by atoms with E-state index in [4.69, 9.17) is 0 Å². The zero-order chi connectivity index (χ0) is 17.1. The maximum absolute atomic E-state index is 12.2. The molecule has 0 aliphatic heterocycles. The average Bonchev–Trinajstić information content (AvgIpc) is 2.84. The molecule has 0 aliphatic rings. The summed E-state index contributed by atoms with van der Waals surface area (Å²) in [5, 5.41) is 17.4. The van der Waals surface area contributed by atoms with Crippen molar-refractivity contribution in [2.24, 2.45) is 7.05 Å². The maximum Gasteiger partial charge on any atom is 0.573 e. The lowest BCUT2D eigenvalue weighted by Crippen LogP contribution is -2.34. The van der Waals surface area contributed by atoms with Crippen molar-refractivity contribution in [3.63, 3.8) is 0 Å². The summed E-state index contributed by atoms with van der Waals surface area (Å²) in [6.07, 6.45) is -1.44. The lowest BCUT2D eigenvalue weighted by molar-refractivity contribution is -0.274. The predicted molar refractivity (Wildman–Crippen MR) is 77.6 cm³/mol. The van der Waals surface area contributed by atoms with Crippen molar-refractivity contribution in [2.45, 2.75) is 25.4 Å². The number of alkyl halides is 3. The first-order valence-corrected chi connectivity index (χ1v) is 6.93. The van der Waals surface area contributed by atoms with Crippen molar-refractivity contribution in [1.29, 1.82) is 0 Å². The lowest BCUT2D eigenvalue weighted by atomic mass is 9.99. The van der Waals surface area contributed by atoms with E-state index in [1.165, 1.54) is 18.2 Å². The molecule has 8 heteroatoms. The molecular weight excluding hydrogens is 311 g/mol. The monoisotopic (exact) mass is 329 g/mol. The molecule has 0 amide bonds. The molecular formula is C15H18F3N3O2. The van der Waals surface area contributed by atoms with E-state index in [-0.39, 0.29) is 12.3 Å². The number of nitrogens with one attached hydrogen (secondary N) is 1. The minimum Gasteiger partial charge on any atom is -0.406 e. The molecule has 0 saturated carbocycles. The molecule has 126 valence electrons. The van der Waals surface area contributed by atoms with Crippen LogP contribution in [0.5, 0.6) is 5.75 Å². The molecule has 0 radical (unpaired) electrons. The van der Waals surface area contributed by atoms with Gasteiger partial charge in [0.1, 0.15) is 11.4 Å². The number of hydrogen-bond acceptors (Lipinski definition) is 4. The van der Waals surface area contributed by atoms with Gasteiger partial charge in [-0.15, -0.1) is 13.2 Å². The SMILES string of the molecule is Cn1cc(C(C)(O)CNCc2cccc(OC(F)(F)F)c2)cn1. The van der Waals surface area contributed by atoms with Crippen molar-refractivity contribution in [2.75, 3.05) is 6.54 Å². The summed E-state index contributed by atoms with van der Waals surface area (Å²) in [7, 11) is 1.75. The van der Waals surface area contributed by atoms with Crippen LogP contribution >= 0.6 is 0 Å². The summed E-state index contributed by atoms with van der Waals surface area (Å²) in [5.74, 6) is -0.268.